The predicted molar refractivity (Wildman–Crippen MR) is 64.7 cm³/mol. The maximum Gasteiger partial charge on any atom is 0.248 e. The van der Waals surface area contributed by atoms with Crippen molar-refractivity contribution in [3.8, 4) is 0 Å². The Morgan fingerprint density at radius 3 is 2.60 bits per heavy atom. The number of amides is 1. The standard InChI is InChI=1S/C10H20N2O2S/c1-8(2)6-14-7-10(13)12(3)5-4-9(11)15/h8H,4-7H2,1-3H3,(H2,11,15). The van der Waals surface area contributed by atoms with Gasteiger partial charge in [0.05, 0.1) is 4.99 Å². The van der Waals surface area contributed by atoms with E-state index in [1.165, 1.54) is 0 Å². The van der Waals surface area contributed by atoms with Crippen LogP contribution >= 0.6 is 12.2 Å². The highest BCUT2D eigenvalue weighted by Crippen LogP contribution is 1.94. The fraction of sp³-hybridized carbons (Fsp3) is 0.800. The Morgan fingerprint density at radius 2 is 2.13 bits per heavy atom. The first-order valence-electron chi connectivity index (χ1n) is 5.03. The third kappa shape index (κ3) is 8.32. The van der Waals surface area contributed by atoms with Crippen LogP contribution in [0.25, 0.3) is 0 Å². The van der Waals surface area contributed by atoms with E-state index in [1.807, 2.05) is 13.8 Å². The van der Waals surface area contributed by atoms with Crippen LogP contribution < -0.4 is 5.73 Å². The van der Waals surface area contributed by atoms with Crippen LogP contribution in [0.15, 0.2) is 0 Å². The zero-order valence-electron chi connectivity index (χ0n) is 9.66. The maximum absolute atomic E-state index is 11.5. The Hall–Kier alpha value is -0.680. The molecular formula is C10H20N2O2S. The Kier molecular flexibility index (Phi) is 7.25. The molecule has 0 rings (SSSR count). The van der Waals surface area contributed by atoms with Gasteiger partial charge in [-0.1, -0.05) is 26.1 Å². The van der Waals surface area contributed by atoms with Gasteiger partial charge >= 0.3 is 0 Å². The molecule has 0 aromatic rings. The summed E-state index contributed by atoms with van der Waals surface area (Å²) < 4.78 is 5.23. The number of carbonyl (C=O) groups excluding carboxylic acids is 1. The lowest BCUT2D eigenvalue weighted by Gasteiger charge is -2.17. The molecule has 0 radical (unpaired) electrons. The fourth-order valence-corrected chi connectivity index (χ4v) is 0.986. The number of likely N-dealkylation sites (N-methyl/N-ethyl adjacent to an activating group) is 1. The van der Waals surface area contributed by atoms with Crippen LogP contribution in [0.1, 0.15) is 20.3 Å². The molecule has 2 N–H and O–H groups in total. The van der Waals surface area contributed by atoms with Crippen molar-refractivity contribution >= 4 is 23.1 Å². The number of hydrogen-bond acceptors (Lipinski definition) is 3. The largest absolute Gasteiger partial charge is 0.393 e. The van der Waals surface area contributed by atoms with Gasteiger partial charge in [-0.05, 0) is 5.92 Å². The van der Waals surface area contributed by atoms with Gasteiger partial charge in [-0.3, -0.25) is 4.79 Å². The lowest BCUT2D eigenvalue weighted by molar-refractivity contribution is -0.135. The average molecular weight is 232 g/mol. The van der Waals surface area contributed by atoms with Gasteiger partial charge in [0.25, 0.3) is 0 Å². The molecule has 0 bridgehead atoms. The zero-order chi connectivity index (χ0) is 11.8. The number of nitrogens with two attached hydrogens (primary N) is 1. The molecule has 5 heteroatoms. The molecule has 4 nitrogen and oxygen atoms in total. The topological polar surface area (TPSA) is 55.6 Å². The normalized spacial score (nSPS) is 10.4. The Bertz CT molecular complexity index is 219. The highest BCUT2D eigenvalue weighted by atomic mass is 32.1. The fourth-order valence-electron chi connectivity index (χ4n) is 0.895. The molecule has 1 amide bonds. The Labute approximate surface area is 96.8 Å². The monoisotopic (exact) mass is 232 g/mol. The van der Waals surface area contributed by atoms with E-state index in [2.05, 4.69) is 0 Å². The van der Waals surface area contributed by atoms with E-state index in [4.69, 9.17) is 22.7 Å². The molecular weight excluding hydrogens is 212 g/mol. The summed E-state index contributed by atoms with van der Waals surface area (Å²) in [7, 11) is 1.72. The summed E-state index contributed by atoms with van der Waals surface area (Å²) in [5, 5.41) is 0. The van der Waals surface area contributed by atoms with E-state index in [-0.39, 0.29) is 12.5 Å². The molecule has 0 unspecified atom stereocenters. The van der Waals surface area contributed by atoms with Crippen molar-refractivity contribution in [1.82, 2.24) is 4.90 Å². The Balaban J connectivity index is 3.64. The molecule has 0 aliphatic rings. The average Bonchev–Trinajstić information content (AvgIpc) is 2.13. The van der Waals surface area contributed by atoms with Gasteiger partial charge in [0.2, 0.25) is 5.91 Å². The first-order chi connectivity index (χ1) is 6.93. The van der Waals surface area contributed by atoms with Gasteiger partial charge in [0.1, 0.15) is 6.61 Å². The van der Waals surface area contributed by atoms with Crippen molar-refractivity contribution < 1.29 is 9.53 Å². The number of thiocarbonyl (C=S) groups is 1. The molecule has 0 saturated carbocycles. The number of rotatable bonds is 7. The van der Waals surface area contributed by atoms with E-state index in [9.17, 15) is 4.79 Å². The highest BCUT2D eigenvalue weighted by molar-refractivity contribution is 7.80. The molecule has 0 aliphatic heterocycles. The number of hydrogen-bond donors (Lipinski definition) is 1. The highest BCUT2D eigenvalue weighted by Gasteiger charge is 2.08. The lowest BCUT2D eigenvalue weighted by atomic mass is 10.2. The second kappa shape index (κ2) is 7.59. The van der Waals surface area contributed by atoms with Gasteiger partial charge < -0.3 is 15.4 Å². The summed E-state index contributed by atoms with van der Waals surface area (Å²) in [6.45, 7) is 5.38. The smallest absolute Gasteiger partial charge is 0.248 e. The van der Waals surface area contributed by atoms with Crippen molar-refractivity contribution in [3.05, 3.63) is 0 Å². The second-order valence-corrected chi connectivity index (χ2v) is 4.46. The van der Waals surface area contributed by atoms with Crippen LogP contribution in [0, 0.1) is 5.92 Å². The van der Waals surface area contributed by atoms with Crippen molar-refractivity contribution in [2.45, 2.75) is 20.3 Å². The molecule has 0 atom stereocenters. The summed E-state index contributed by atoms with van der Waals surface area (Å²) in [6.07, 6.45) is 0.557. The summed E-state index contributed by atoms with van der Waals surface area (Å²) in [4.78, 5) is 13.5. The lowest BCUT2D eigenvalue weighted by Crippen LogP contribution is -2.33. The van der Waals surface area contributed by atoms with Crippen molar-refractivity contribution in [1.29, 1.82) is 0 Å². The summed E-state index contributed by atoms with van der Waals surface area (Å²) in [5.74, 6) is 0.409. The molecule has 0 aromatic heterocycles. The summed E-state index contributed by atoms with van der Waals surface area (Å²) >= 11 is 4.73. The number of ether oxygens (including phenoxy) is 1. The van der Waals surface area contributed by atoms with Gasteiger partial charge in [-0.2, -0.15) is 0 Å². The summed E-state index contributed by atoms with van der Waals surface area (Å²) in [6, 6.07) is 0. The Morgan fingerprint density at radius 1 is 1.53 bits per heavy atom. The minimum atomic E-state index is -0.0353. The third-order valence-electron chi connectivity index (χ3n) is 1.80. The van der Waals surface area contributed by atoms with E-state index in [0.29, 0.717) is 30.5 Å². The zero-order valence-corrected chi connectivity index (χ0v) is 10.5. The van der Waals surface area contributed by atoms with E-state index in [1.54, 1.807) is 11.9 Å². The molecule has 0 spiro atoms. The van der Waals surface area contributed by atoms with E-state index < -0.39 is 0 Å². The SMILES string of the molecule is CC(C)COCC(=O)N(C)CCC(N)=S. The minimum Gasteiger partial charge on any atom is -0.393 e. The minimum absolute atomic E-state index is 0.0353. The first-order valence-corrected chi connectivity index (χ1v) is 5.44. The van der Waals surface area contributed by atoms with Gasteiger partial charge in [-0.25, -0.2) is 0 Å². The van der Waals surface area contributed by atoms with Crippen molar-refractivity contribution in [2.24, 2.45) is 11.7 Å². The molecule has 0 saturated heterocycles. The molecule has 0 aliphatic carbocycles. The van der Waals surface area contributed by atoms with Crippen LogP contribution in [0.2, 0.25) is 0 Å². The quantitative estimate of drug-likeness (QED) is 0.660. The molecule has 0 fully saturated rings. The summed E-state index contributed by atoms with van der Waals surface area (Å²) in [5.41, 5.74) is 5.34. The van der Waals surface area contributed by atoms with Crippen molar-refractivity contribution in [2.75, 3.05) is 26.8 Å². The molecule has 0 aromatic carbocycles. The number of carbonyl (C=O) groups is 1. The van der Waals surface area contributed by atoms with Crippen LogP contribution in [0.3, 0.4) is 0 Å². The van der Waals surface area contributed by atoms with Crippen LogP contribution in [0.4, 0.5) is 0 Å². The molecule has 0 heterocycles. The van der Waals surface area contributed by atoms with Crippen LogP contribution in [-0.2, 0) is 9.53 Å². The second-order valence-electron chi connectivity index (χ2n) is 3.94. The van der Waals surface area contributed by atoms with E-state index in [0.717, 1.165) is 0 Å². The van der Waals surface area contributed by atoms with Crippen LogP contribution in [0.5, 0.6) is 0 Å². The third-order valence-corrected chi connectivity index (χ3v) is 2.00. The number of nitrogens with zero attached hydrogens (tertiary/aromatic N) is 1. The van der Waals surface area contributed by atoms with Crippen LogP contribution in [-0.4, -0.2) is 42.6 Å². The van der Waals surface area contributed by atoms with Gasteiger partial charge in [0, 0.05) is 26.6 Å². The molecule has 88 valence electrons. The van der Waals surface area contributed by atoms with E-state index >= 15 is 0 Å². The molecule has 15 heavy (non-hydrogen) atoms. The predicted octanol–water partition coefficient (Wildman–Crippen LogP) is 0.794. The first kappa shape index (κ1) is 14.3. The van der Waals surface area contributed by atoms with Gasteiger partial charge in [-0.15, -0.1) is 0 Å². The maximum atomic E-state index is 11.5. The van der Waals surface area contributed by atoms with Gasteiger partial charge in [0.15, 0.2) is 0 Å². The van der Waals surface area contributed by atoms with Crippen molar-refractivity contribution in [3.63, 3.8) is 0 Å².